The third kappa shape index (κ3) is 4.05. The molecule has 0 unspecified atom stereocenters. The average molecular weight is 450 g/mol. The second-order valence-electron chi connectivity index (χ2n) is 8.56. The number of hydrogen-bond donors (Lipinski definition) is 2. The Labute approximate surface area is 190 Å². The quantitative estimate of drug-likeness (QED) is 0.461. The van der Waals surface area contributed by atoms with Crippen molar-refractivity contribution in [3.8, 4) is 11.6 Å². The first kappa shape index (κ1) is 20.2. The van der Waals surface area contributed by atoms with Crippen LogP contribution in [0, 0.1) is 0 Å². The Morgan fingerprint density at radius 3 is 2.82 bits per heavy atom. The van der Waals surface area contributed by atoms with Crippen molar-refractivity contribution in [2.75, 3.05) is 31.6 Å². The molecule has 4 aromatic rings. The summed E-state index contributed by atoms with van der Waals surface area (Å²) in [7, 11) is 1.89. The monoisotopic (exact) mass is 449 g/mol. The fourth-order valence-corrected chi connectivity index (χ4v) is 4.47. The van der Waals surface area contributed by atoms with Gasteiger partial charge in [-0.1, -0.05) is 0 Å². The van der Waals surface area contributed by atoms with E-state index < -0.39 is 0 Å². The Hall–Kier alpha value is -3.44. The Morgan fingerprint density at radius 2 is 2.03 bits per heavy atom. The number of aryl methyl sites for hydroxylation is 1. The molecule has 0 aliphatic carbocycles. The van der Waals surface area contributed by atoms with E-state index in [2.05, 4.69) is 20.8 Å². The number of aromatic nitrogens is 7. The summed E-state index contributed by atoms with van der Waals surface area (Å²) in [5.74, 6) is 1.00. The molecule has 2 aliphatic rings. The van der Waals surface area contributed by atoms with Crippen molar-refractivity contribution in [3.05, 3.63) is 37.1 Å². The normalized spacial score (nSPS) is 19.4. The van der Waals surface area contributed by atoms with E-state index >= 15 is 0 Å². The van der Waals surface area contributed by atoms with Crippen LogP contribution in [0.2, 0.25) is 0 Å². The molecule has 172 valence electrons. The molecule has 6 heterocycles. The zero-order chi connectivity index (χ0) is 22.2. The fourth-order valence-electron chi connectivity index (χ4n) is 4.47. The van der Waals surface area contributed by atoms with Crippen molar-refractivity contribution in [3.63, 3.8) is 0 Å². The van der Waals surface area contributed by atoms with Crippen molar-refractivity contribution >= 4 is 22.7 Å². The van der Waals surface area contributed by atoms with Crippen LogP contribution < -0.4 is 15.4 Å². The number of nitrogens with zero attached hydrogens (tertiary/aromatic N) is 7. The highest BCUT2D eigenvalue weighted by Gasteiger charge is 2.23. The van der Waals surface area contributed by atoms with Crippen LogP contribution in [0.3, 0.4) is 0 Å². The molecule has 0 aromatic carbocycles. The molecule has 0 saturated carbocycles. The van der Waals surface area contributed by atoms with Gasteiger partial charge in [-0.2, -0.15) is 15.2 Å². The molecular formula is C22H27N9O2. The molecule has 2 aliphatic heterocycles. The standard InChI is InChI=1S/C22H27N9O2/c1-29-13-17(11-24-29)30-8-4-19-20(30)21(33-18-5-9-32-14-18)28-22(27-19)26-15-10-25-31(12-15)16-2-6-23-7-3-16/h4,8,10-13,16,18,23H,2-3,5-7,9,14H2,1H3,(H,26,27,28)/t18-/m0/s1. The largest absolute Gasteiger partial charge is 0.470 e. The van der Waals surface area contributed by atoms with Gasteiger partial charge in [0.1, 0.15) is 11.6 Å². The summed E-state index contributed by atoms with van der Waals surface area (Å²) < 4.78 is 17.6. The number of hydrogen-bond acceptors (Lipinski definition) is 8. The predicted octanol–water partition coefficient (Wildman–Crippen LogP) is 2.19. The van der Waals surface area contributed by atoms with Crippen molar-refractivity contribution in [1.82, 2.24) is 39.4 Å². The van der Waals surface area contributed by atoms with Crippen LogP contribution in [0.25, 0.3) is 16.7 Å². The average Bonchev–Trinajstić information content (AvgIpc) is 3.62. The first-order valence-electron chi connectivity index (χ1n) is 11.4. The summed E-state index contributed by atoms with van der Waals surface area (Å²) in [5, 5.41) is 15.6. The van der Waals surface area contributed by atoms with E-state index in [1.54, 1.807) is 4.68 Å². The lowest BCUT2D eigenvalue weighted by Crippen LogP contribution is -2.29. The van der Waals surface area contributed by atoms with E-state index in [0.717, 1.165) is 54.8 Å². The van der Waals surface area contributed by atoms with Gasteiger partial charge in [-0.15, -0.1) is 0 Å². The van der Waals surface area contributed by atoms with Gasteiger partial charge >= 0.3 is 0 Å². The first-order chi connectivity index (χ1) is 16.2. The lowest BCUT2D eigenvalue weighted by Gasteiger charge is -2.22. The lowest BCUT2D eigenvalue weighted by atomic mass is 10.1. The minimum atomic E-state index is -0.0316. The maximum Gasteiger partial charge on any atom is 0.244 e. The number of anilines is 2. The minimum absolute atomic E-state index is 0.0316. The van der Waals surface area contributed by atoms with E-state index in [1.807, 2.05) is 53.3 Å². The van der Waals surface area contributed by atoms with Gasteiger partial charge in [0.25, 0.3) is 0 Å². The summed E-state index contributed by atoms with van der Waals surface area (Å²) in [6.45, 7) is 3.30. The predicted molar refractivity (Wildman–Crippen MR) is 122 cm³/mol. The highest BCUT2D eigenvalue weighted by molar-refractivity contribution is 5.84. The third-order valence-electron chi connectivity index (χ3n) is 6.18. The second kappa shape index (κ2) is 8.49. The summed E-state index contributed by atoms with van der Waals surface area (Å²) in [6.07, 6.45) is 12.5. The van der Waals surface area contributed by atoms with Crippen molar-refractivity contribution in [2.45, 2.75) is 31.4 Å². The fraction of sp³-hybridized carbons (Fsp3) is 0.455. The zero-order valence-corrected chi connectivity index (χ0v) is 18.5. The summed E-state index contributed by atoms with van der Waals surface area (Å²) >= 11 is 0. The Kier molecular flexibility index (Phi) is 5.19. The molecule has 0 radical (unpaired) electrons. The van der Waals surface area contributed by atoms with Crippen molar-refractivity contribution < 1.29 is 9.47 Å². The summed E-state index contributed by atoms with van der Waals surface area (Å²) in [4.78, 5) is 9.50. The van der Waals surface area contributed by atoms with Crippen LogP contribution in [0.4, 0.5) is 11.6 Å². The molecule has 0 bridgehead atoms. The van der Waals surface area contributed by atoms with E-state index in [1.165, 1.54) is 0 Å². The van der Waals surface area contributed by atoms with E-state index in [-0.39, 0.29) is 6.10 Å². The van der Waals surface area contributed by atoms with Crippen LogP contribution in [0.15, 0.2) is 37.1 Å². The molecule has 4 aromatic heterocycles. The van der Waals surface area contributed by atoms with Gasteiger partial charge in [-0.05, 0) is 32.0 Å². The Balaban J connectivity index is 1.33. The topological polar surface area (TPSA) is 109 Å². The van der Waals surface area contributed by atoms with E-state index in [0.29, 0.717) is 31.1 Å². The highest BCUT2D eigenvalue weighted by Crippen LogP contribution is 2.30. The van der Waals surface area contributed by atoms with Crippen LogP contribution in [-0.4, -0.2) is 66.5 Å². The van der Waals surface area contributed by atoms with Gasteiger partial charge < -0.3 is 24.7 Å². The number of fused-ring (bicyclic) bond motifs is 1. The maximum atomic E-state index is 6.30. The van der Waals surface area contributed by atoms with E-state index in [9.17, 15) is 0 Å². The molecule has 11 heteroatoms. The Morgan fingerprint density at radius 1 is 1.12 bits per heavy atom. The molecule has 0 amide bonds. The van der Waals surface area contributed by atoms with Gasteiger partial charge in [-0.25, -0.2) is 4.98 Å². The summed E-state index contributed by atoms with van der Waals surface area (Å²) in [5.41, 5.74) is 3.38. The zero-order valence-electron chi connectivity index (χ0n) is 18.5. The lowest BCUT2D eigenvalue weighted by molar-refractivity contribution is 0.139. The molecule has 2 fully saturated rings. The number of nitrogens with one attached hydrogen (secondary N) is 2. The molecule has 6 rings (SSSR count). The van der Waals surface area contributed by atoms with Crippen molar-refractivity contribution in [2.24, 2.45) is 7.05 Å². The third-order valence-corrected chi connectivity index (χ3v) is 6.18. The molecule has 1 atom stereocenters. The van der Waals surface area contributed by atoms with Gasteiger partial charge in [0.15, 0.2) is 0 Å². The molecule has 33 heavy (non-hydrogen) atoms. The SMILES string of the molecule is Cn1cc(-n2ccc3nc(Nc4cnn(C5CCNCC5)c4)nc(O[C@H]4CCOC4)c32)cn1. The minimum Gasteiger partial charge on any atom is -0.470 e. The van der Waals surface area contributed by atoms with Crippen LogP contribution in [-0.2, 0) is 11.8 Å². The molecule has 11 nitrogen and oxygen atoms in total. The van der Waals surface area contributed by atoms with Crippen LogP contribution in [0.1, 0.15) is 25.3 Å². The van der Waals surface area contributed by atoms with Gasteiger partial charge in [0.05, 0.1) is 48.5 Å². The van der Waals surface area contributed by atoms with Crippen LogP contribution in [0.5, 0.6) is 5.88 Å². The molecule has 0 spiro atoms. The number of piperidine rings is 1. The highest BCUT2D eigenvalue weighted by atomic mass is 16.5. The molecule has 2 N–H and O–H groups in total. The van der Waals surface area contributed by atoms with Gasteiger partial charge in [-0.3, -0.25) is 9.36 Å². The maximum absolute atomic E-state index is 6.30. The Bertz CT molecular complexity index is 1250. The number of rotatable bonds is 6. The smallest absolute Gasteiger partial charge is 0.244 e. The number of ether oxygens (including phenoxy) is 2. The summed E-state index contributed by atoms with van der Waals surface area (Å²) in [6, 6.07) is 2.38. The van der Waals surface area contributed by atoms with Gasteiger partial charge in [0, 0.05) is 32.1 Å². The molecular weight excluding hydrogens is 422 g/mol. The van der Waals surface area contributed by atoms with Gasteiger partial charge in [0.2, 0.25) is 11.8 Å². The van der Waals surface area contributed by atoms with Crippen LogP contribution >= 0.6 is 0 Å². The van der Waals surface area contributed by atoms with E-state index in [4.69, 9.17) is 19.4 Å². The molecule has 2 saturated heterocycles. The second-order valence-corrected chi connectivity index (χ2v) is 8.56. The van der Waals surface area contributed by atoms with Crippen molar-refractivity contribution in [1.29, 1.82) is 0 Å². The first-order valence-corrected chi connectivity index (χ1v) is 11.4.